The molecular formula is C13H13ClN2O4S. The van der Waals surface area contributed by atoms with E-state index in [2.05, 4.69) is 0 Å². The van der Waals surface area contributed by atoms with Crippen LogP contribution in [0.3, 0.4) is 0 Å². The van der Waals surface area contributed by atoms with Crippen LogP contribution in [0.1, 0.15) is 0 Å². The van der Waals surface area contributed by atoms with Gasteiger partial charge >= 0.3 is 0 Å². The van der Waals surface area contributed by atoms with Crippen LogP contribution in [0.4, 0.5) is 11.4 Å². The third-order valence-electron chi connectivity index (χ3n) is 2.95. The van der Waals surface area contributed by atoms with E-state index in [9.17, 15) is 13.6 Å². The fraction of sp³-hybridized carbons (Fsp3) is 0.0769. The fourth-order valence-electron chi connectivity index (χ4n) is 1.76. The molecule has 2 aromatic carbocycles. The molecule has 0 spiro atoms. The van der Waals surface area contributed by atoms with Gasteiger partial charge < -0.3 is 5.21 Å². The predicted octanol–water partition coefficient (Wildman–Crippen LogP) is 1.57. The van der Waals surface area contributed by atoms with Crippen molar-refractivity contribution in [3.8, 4) is 0 Å². The summed E-state index contributed by atoms with van der Waals surface area (Å²) < 4.78 is 26.0. The van der Waals surface area contributed by atoms with Crippen molar-refractivity contribution in [3.63, 3.8) is 0 Å². The smallest absolute Gasteiger partial charge is 0.264 e. The first-order valence-corrected chi connectivity index (χ1v) is 7.72. The Bertz CT molecular complexity index is 732. The summed E-state index contributed by atoms with van der Waals surface area (Å²) >= 11 is 6.00. The van der Waals surface area contributed by atoms with Crippen LogP contribution in [0.15, 0.2) is 53.4 Å². The molecule has 0 aromatic heterocycles. The average molecular weight is 329 g/mol. The second kappa shape index (κ2) is 6.00. The number of rotatable bonds is 4. The molecule has 0 saturated heterocycles. The molecule has 0 fully saturated rings. The highest BCUT2D eigenvalue weighted by molar-refractivity contribution is 7.92. The summed E-state index contributed by atoms with van der Waals surface area (Å²) in [5.74, 6) is 0. The van der Waals surface area contributed by atoms with Gasteiger partial charge in [0.2, 0.25) is 0 Å². The zero-order chi connectivity index (χ0) is 15.6. The summed E-state index contributed by atoms with van der Waals surface area (Å²) in [4.78, 5) is -0.00470. The number of para-hydroxylation sites is 1. The standard InChI is InChI=1S/C13H13ClN2O4S/c1-15(13-5-3-2-4-12(13)14)21(19,20)11-8-6-10(7-9-11)16(17)18/h2-9,16-17H,1H3. The Morgan fingerprint density at radius 1 is 1.14 bits per heavy atom. The highest BCUT2D eigenvalue weighted by atomic mass is 35.5. The largest absolute Gasteiger partial charge is 0.595 e. The van der Waals surface area contributed by atoms with E-state index >= 15 is 0 Å². The van der Waals surface area contributed by atoms with Crippen molar-refractivity contribution in [3.05, 3.63) is 58.8 Å². The zero-order valence-corrected chi connectivity index (χ0v) is 12.6. The lowest BCUT2D eigenvalue weighted by atomic mass is 10.3. The predicted molar refractivity (Wildman–Crippen MR) is 79.3 cm³/mol. The Hall–Kier alpha value is -1.64. The minimum absolute atomic E-state index is 0.00470. The summed E-state index contributed by atoms with van der Waals surface area (Å²) in [6.07, 6.45) is 0. The number of nitrogens with zero attached hydrogens (tertiary/aromatic N) is 1. The molecule has 1 atom stereocenters. The zero-order valence-electron chi connectivity index (χ0n) is 11.0. The molecular weight excluding hydrogens is 316 g/mol. The minimum Gasteiger partial charge on any atom is -0.595 e. The van der Waals surface area contributed by atoms with Crippen molar-refractivity contribution in [2.24, 2.45) is 0 Å². The second-order valence-corrected chi connectivity index (χ2v) is 6.63. The topological polar surface area (TPSA) is 85.1 Å². The van der Waals surface area contributed by atoms with Crippen molar-refractivity contribution in [2.75, 3.05) is 11.4 Å². The van der Waals surface area contributed by atoms with Crippen molar-refractivity contribution < 1.29 is 18.9 Å². The van der Waals surface area contributed by atoms with Crippen LogP contribution in [-0.4, -0.2) is 20.7 Å². The van der Waals surface area contributed by atoms with E-state index in [0.29, 0.717) is 10.7 Å². The highest BCUT2D eigenvalue weighted by Gasteiger charge is 2.23. The molecule has 2 rings (SSSR count). The van der Waals surface area contributed by atoms with Crippen molar-refractivity contribution >= 4 is 33.0 Å². The first kappa shape index (κ1) is 15.7. The summed E-state index contributed by atoms with van der Waals surface area (Å²) in [6.45, 7) is 0. The lowest BCUT2D eigenvalue weighted by molar-refractivity contribution is -0.991. The van der Waals surface area contributed by atoms with Crippen LogP contribution in [-0.2, 0) is 10.0 Å². The van der Waals surface area contributed by atoms with Gasteiger partial charge in [-0.05, 0) is 24.3 Å². The minimum atomic E-state index is -3.80. The molecule has 21 heavy (non-hydrogen) atoms. The van der Waals surface area contributed by atoms with Crippen LogP contribution in [0.25, 0.3) is 0 Å². The average Bonchev–Trinajstić information content (AvgIpc) is 2.47. The van der Waals surface area contributed by atoms with Gasteiger partial charge in [-0.25, -0.2) is 13.6 Å². The van der Waals surface area contributed by atoms with Gasteiger partial charge in [0.15, 0.2) is 5.69 Å². The number of quaternary nitrogens is 1. The highest BCUT2D eigenvalue weighted by Crippen LogP contribution is 2.28. The molecule has 8 heteroatoms. The number of nitrogens with one attached hydrogen (secondary N) is 1. The van der Waals surface area contributed by atoms with E-state index in [-0.39, 0.29) is 10.6 Å². The normalized spacial score (nSPS) is 13.0. The van der Waals surface area contributed by atoms with Crippen molar-refractivity contribution in [1.29, 1.82) is 0 Å². The number of anilines is 1. The summed E-state index contributed by atoms with van der Waals surface area (Å²) in [6, 6.07) is 11.6. The van der Waals surface area contributed by atoms with Gasteiger partial charge in [-0.2, -0.15) is 5.23 Å². The molecule has 1 unspecified atom stereocenters. The lowest BCUT2D eigenvalue weighted by Gasteiger charge is -2.21. The van der Waals surface area contributed by atoms with E-state index in [0.717, 1.165) is 4.31 Å². The van der Waals surface area contributed by atoms with Gasteiger partial charge in [0.05, 0.1) is 15.6 Å². The van der Waals surface area contributed by atoms with E-state index in [1.54, 1.807) is 24.3 Å². The first-order chi connectivity index (χ1) is 9.84. The molecule has 2 N–H and O–H groups in total. The maximum absolute atomic E-state index is 12.5. The summed E-state index contributed by atoms with van der Waals surface area (Å²) in [7, 11) is -2.41. The molecule has 0 radical (unpaired) electrons. The van der Waals surface area contributed by atoms with Crippen LogP contribution in [0.5, 0.6) is 0 Å². The number of benzene rings is 2. The molecule has 0 heterocycles. The Balaban J connectivity index is 2.40. The van der Waals surface area contributed by atoms with E-state index in [1.165, 1.54) is 31.3 Å². The van der Waals surface area contributed by atoms with Crippen molar-refractivity contribution in [2.45, 2.75) is 4.90 Å². The lowest BCUT2D eigenvalue weighted by Crippen LogP contribution is -2.99. The first-order valence-electron chi connectivity index (χ1n) is 5.91. The summed E-state index contributed by atoms with van der Waals surface area (Å²) in [5, 5.41) is 18.8. The van der Waals surface area contributed by atoms with Gasteiger partial charge in [0, 0.05) is 19.2 Å². The third kappa shape index (κ3) is 3.17. The van der Waals surface area contributed by atoms with Crippen molar-refractivity contribution in [1.82, 2.24) is 0 Å². The number of hydrogen-bond donors (Lipinski definition) is 2. The Labute approximate surface area is 127 Å². The molecule has 0 aliphatic heterocycles. The van der Waals surface area contributed by atoms with Crippen LogP contribution < -0.4 is 9.53 Å². The second-order valence-electron chi connectivity index (χ2n) is 4.25. The monoisotopic (exact) mass is 328 g/mol. The maximum atomic E-state index is 12.5. The Morgan fingerprint density at radius 2 is 1.71 bits per heavy atom. The molecule has 6 nitrogen and oxygen atoms in total. The molecule has 0 aliphatic carbocycles. The fourth-order valence-corrected chi connectivity index (χ4v) is 3.29. The van der Waals surface area contributed by atoms with E-state index in [1.807, 2.05) is 0 Å². The number of sulfonamides is 1. The van der Waals surface area contributed by atoms with E-state index < -0.39 is 15.2 Å². The van der Waals surface area contributed by atoms with Crippen LogP contribution in [0.2, 0.25) is 5.02 Å². The van der Waals surface area contributed by atoms with Gasteiger partial charge in [-0.15, -0.1) is 0 Å². The number of halogens is 1. The van der Waals surface area contributed by atoms with Crippen LogP contribution in [0, 0.1) is 5.21 Å². The Morgan fingerprint density at radius 3 is 2.24 bits per heavy atom. The molecule has 0 saturated carbocycles. The molecule has 112 valence electrons. The summed E-state index contributed by atoms with van der Waals surface area (Å²) in [5.41, 5.74) is 0.371. The van der Waals surface area contributed by atoms with E-state index in [4.69, 9.17) is 16.8 Å². The third-order valence-corrected chi connectivity index (χ3v) is 5.06. The maximum Gasteiger partial charge on any atom is 0.264 e. The van der Waals surface area contributed by atoms with Crippen LogP contribution >= 0.6 is 11.6 Å². The molecule has 0 aliphatic rings. The van der Waals surface area contributed by atoms with Gasteiger partial charge in [-0.3, -0.25) is 4.31 Å². The molecule has 2 aromatic rings. The van der Waals surface area contributed by atoms with Gasteiger partial charge in [0.1, 0.15) is 0 Å². The van der Waals surface area contributed by atoms with Gasteiger partial charge in [0.25, 0.3) is 10.0 Å². The SMILES string of the molecule is CN(c1ccccc1Cl)S(=O)(=O)c1ccc([NH+]([O-])O)cc1. The molecule has 0 bridgehead atoms. The Kier molecular flexibility index (Phi) is 4.50. The quantitative estimate of drug-likeness (QED) is 0.834. The molecule has 0 amide bonds. The van der Waals surface area contributed by atoms with Gasteiger partial charge in [-0.1, -0.05) is 23.7 Å². The number of hydrogen-bond acceptors (Lipinski definition) is 4.